The molecule has 0 fully saturated rings. The molecule has 24 heteroatoms. The number of nitrogens with zero attached hydrogens (tertiary/aromatic N) is 8. The smallest absolute Gasteiger partial charge is 0.296 e. The van der Waals surface area contributed by atoms with E-state index in [1.807, 2.05) is 36.4 Å². The molecule has 8 aromatic rings. The van der Waals surface area contributed by atoms with E-state index in [0.29, 0.717) is 22.0 Å². The molecule has 0 saturated carbocycles. The van der Waals surface area contributed by atoms with E-state index >= 15 is 0 Å². The summed E-state index contributed by atoms with van der Waals surface area (Å²) in [4.78, 5) is -1.66. The van der Waals surface area contributed by atoms with Gasteiger partial charge in [0.25, 0.3) is 30.4 Å². The number of hydrogen-bond donors (Lipinski definition) is 7. The summed E-state index contributed by atoms with van der Waals surface area (Å²) in [6, 6.07) is 35.3. The van der Waals surface area contributed by atoms with Crippen molar-refractivity contribution in [2.24, 2.45) is 40.9 Å². The van der Waals surface area contributed by atoms with E-state index in [0.717, 1.165) is 29.0 Å². The fraction of sp³-hybridized carbons (Fsp3) is 0. The lowest BCUT2D eigenvalue weighted by Crippen LogP contribution is -2.05. The molecule has 0 aliphatic rings. The van der Waals surface area contributed by atoms with Crippen LogP contribution in [0.4, 0.5) is 68.2 Å². The van der Waals surface area contributed by atoms with Crippen LogP contribution in [0.3, 0.4) is 0 Å². The minimum atomic E-state index is -4.97. The van der Waals surface area contributed by atoms with Crippen molar-refractivity contribution in [3.05, 3.63) is 140 Å². The zero-order valence-corrected chi connectivity index (χ0v) is 37.1. The van der Waals surface area contributed by atoms with Crippen molar-refractivity contribution >= 4 is 120 Å². The number of rotatable bonds is 12. The quantitative estimate of drug-likeness (QED) is 0.0340. The molecule has 0 saturated heterocycles. The number of fused-ring (bicyclic) bond motifs is 2. The Morgan fingerprint density at radius 3 is 1.62 bits per heavy atom. The van der Waals surface area contributed by atoms with Crippen LogP contribution >= 0.6 is 0 Å². The number of nitrogens with two attached hydrogens (primary N) is 4. The Kier molecular flexibility index (Phi) is 12.3. The molecule has 0 aliphatic heterocycles. The van der Waals surface area contributed by atoms with E-state index in [9.17, 15) is 38.9 Å². The Labute approximate surface area is 386 Å². The van der Waals surface area contributed by atoms with E-state index in [2.05, 4.69) is 40.9 Å². The summed E-state index contributed by atoms with van der Waals surface area (Å²) in [5.74, 6) is 0. The highest BCUT2D eigenvalue weighted by Gasteiger charge is 2.23. The minimum Gasteiger partial charge on any atom is -0.397 e. The predicted molar refractivity (Wildman–Crippen MR) is 256 cm³/mol. The number of anilines is 4. The van der Waals surface area contributed by atoms with E-state index in [4.69, 9.17) is 22.9 Å². The summed E-state index contributed by atoms with van der Waals surface area (Å²) in [6.07, 6.45) is 0. The maximum atomic E-state index is 12.7. The average Bonchev–Trinajstić information content (AvgIpc) is 3.30. The molecule has 0 spiro atoms. The second-order valence-electron chi connectivity index (χ2n) is 14.6. The summed E-state index contributed by atoms with van der Waals surface area (Å²) >= 11 is 0. The summed E-state index contributed by atoms with van der Waals surface area (Å²) in [7, 11) is -14.3. The number of benzene rings is 8. The maximum absolute atomic E-state index is 12.7. The fourth-order valence-electron chi connectivity index (χ4n) is 6.83. The van der Waals surface area contributed by atoms with Crippen LogP contribution in [-0.4, -0.2) is 38.9 Å². The first-order valence-corrected chi connectivity index (χ1v) is 23.8. The maximum Gasteiger partial charge on any atom is 0.296 e. The van der Waals surface area contributed by atoms with Crippen LogP contribution in [0.2, 0.25) is 0 Å². The molecule has 0 aromatic heterocycles. The molecule has 21 nitrogen and oxygen atoms in total. The van der Waals surface area contributed by atoms with Crippen LogP contribution < -0.4 is 22.9 Å². The summed E-state index contributed by atoms with van der Waals surface area (Å²) in [5, 5.41) is 36.0. The zero-order valence-electron chi connectivity index (χ0n) is 34.7. The highest BCUT2D eigenvalue weighted by Crippen LogP contribution is 2.44. The third-order valence-electron chi connectivity index (χ3n) is 10.2. The van der Waals surface area contributed by atoms with E-state index < -0.39 is 51.5 Å². The van der Waals surface area contributed by atoms with Crippen LogP contribution in [0.1, 0.15) is 0 Å². The van der Waals surface area contributed by atoms with Crippen LogP contribution in [-0.2, 0) is 30.4 Å². The number of hydrogen-bond acceptors (Lipinski definition) is 18. The van der Waals surface area contributed by atoms with Gasteiger partial charge in [0.05, 0.1) is 50.4 Å². The first-order chi connectivity index (χ1) is 32.3. The standard InChI is InChI=1S/C44H34N12O9S3/c45-33-19-20-36(40(46)43(33)55-51-34-9-3-6-24-5-1-2-8-30(24)34)53-50-28-15-17-32(38(22-28)67(60,61)62)25-11-13-27(14-12-25)49-54-37-23-39(68(63,64)65)42(48)44(41(37)47)56-52-35-10-4-7-26-21-29(66(57,58)59)16-18-31(26)35/h1-23H,45-48H2,(H,57,58,59)(H,60,61,62)(H,63,64,65). The normalized spacial score (nSPS) is 12.7. The van der Waals surface area contributed by atoms with Crippen molar-refractivity contribution in [3.63, 3.8) is 0 Å². The Balaban J connectivity index is 1.05. The molecular weight excluding hydrogens is 937 g/mol. The van der Waals surface area contributed by atoms with Gasteiger partial charge in [-0.15, -0.1) is 30.7 Å². The van der Waals surface area contributed by atoms with Gasteiger partial charge in [0, 0.05) is 16.3 Å². The van der Waals surface area contributed by atoms with Gasteiger partial charge < -0.3 is 22.9 Å². The van der Waals surface area contributed by atoms with Crippen molar-refractivity contribution < 1.29 is 38.9 Å². The second-order valence-corrected chi connectivity index (χ2v) is 18.8. The number of nitrogen functional groups attached to an aromatic ring is 4. The Morgan fingerprint density at radius 2 is 0.941 bits per heavy atom. The van der Waals surface area contributed by atoms with Crippen molar-refractivity contribution in [1.82, 2.24) is 0 Å². The van der Waals surface area contributed by atoms with Crippen LogP contribution in [0.25, 0.3) is 32.7 Å². The molecule has 0 atom stereocenters. The molecule has 11 N–H and O–H groups in total. The average molecular weight is 971 g/mol. The fourth-order valence-corrected chi connectivity index (χ4v) is 8.72. The monoisotopic (exact) mass is 970 g/mol. The van der Waals surface area contributed by atoms with Crippen LogP contribution in [0.15, 0.2) is 195 Å². The molecule has 0 bridgehead atoms. The Hall–Kier alpha value is -8.39. The van der Waals surface area contributed by atoms with Gasteiger partial charge in [0.15, 0.2) is 0 Å². The second kappa shape index (κ2) is 18.1. The highest BCUT2D eigenvalue weighted by atomic mass is 32.2. The molecule has 0 unspecified atom stereocenters. The lowest BCUT2D eigenvalue weighted by atomic mass is 10.0. The van der Waals surface area contributed by atoms with Crippen molar-refractivity contribution in [3.8, 4) is 11.1 Å². The third-order valence-corrected chi connectivity index (χ3v) is 12.8. The predicted octanol–water partition coefficient (Wildman–Crippen LogP) is 11.4. The summed E-state index contributed by atoms with van der Waals surface area (Å²) in [6.45, 7) is 0. The lowest BCUT2D eigenvalue weighted by Gasteiger charge is -2.11. The zero-order chi connectivity index (χ0) is 48.5. The van der Waals surface area contributed by atoms with E-state index in [1.165, 1.54) is 72.8 Å². The first kappa shape index (κ1) is 46.2. The molecule has 342 valence electrons. The molecule has 0 amide bonds. The summed E-state index contributed by atoms with van der Waals surface area (Å²) < 4.78 is 103. The van der Waals surface area contributed by atoms with Gasteiger partial charge in [-0.25, -0.2) is 0 Å². The largest absolute Gasteiger partial charge is 0.397 e. The highest BCUT2D eigenvalue weighted by molar-refractivity contribution is 7.86. The van der Waals surface area contributed by atoms with Gasteiger partial charge in [-0.2, -0.15) is 35.5 Å². The topological polar surface area (TPSA) is 366 Å². The van der Waals surface area contributed by atoms with Gasteiger partial charge in [-0.05, 0) is 83.1 Å². The molecule has 0 heterocycles. The Bertz CT molecular complexity index is 3830. The van der Waals surface area contributed by atoms with Gasteiger partial charge in [0.1, 0.15) is 32.5 Å². The SMILES string of the molecule is Nc1ccc(N=Nc2ccc(-c3ccc(N=Nc4cc(S(=O)(=O)O)c(N)c(N=Nc5cccc6cc(S(=O)(=O)O)ccc56)c4N)cc3)c(S(=O)(=O)O)c2)c(N)c1N=Nc1cccc2ccccc12. The van der Waals surface area contributed by atoms with Crippen LogP contribution in [0.5, 0.6) is 0 Å². The molecular formula is C44H34N12O9S3. The van der Waals surface area contributed by atoms with Crippen molar-refractivity contribution in [2.45, 2.75) is 14.7 Å². The first-order valence-electron chi connectivity index (χ1n) is 19.5. The number of azo groups is 4. The van der Waals surface area contributed by atoms with Gasteiger partial charge in [0.2, 0.25) is 0 Å². The molecule has 0 aliphatic carbocycles. The Morgan fingerprint density at radius 1 is 0.382 bits per heavy atom. The van der Waals surface area contributed by atoms with Gasteiger partial charge in [-0.3, -0.25) is 13.7 Å². The van der Waals surface area contributed by atoms with E-state index in [-0.39, 0.29) is 61.6 Å². The lowest BCUT2D eigenvalue weighted by molar-refractivity contribution is 0.481. The molecule has 68 heavy (non-hydrogen) atoms. The molecule has 8 aromatic carbocycles. The van der Waals surface area contributed by atoms with Crippen LogP contribution in [0, 0.1) is 0 Å². The van der Waals surface area contributed by atoms with Gasteiger partial charge >= 0.3 is 0 Å². The third kappa shape index (κ3) is 9.75. The van der Waals surface area contributed by atoms with Crippen molar-refractivity contribution in [1.29, 1.82) is 0 Å². The van der Waals surface area contributed by atoms with Gasteiger partial charge in [-0.1, -0.05) is 72.8 Å². The van der Waals surface area contributed by atoms with Crippen molar-refractivity contribution in [2.75, 3.05) is 22.9 Å². The summed E-state index contributed by atoms with van der Waals surface area (Å²) in [5.41, 5.74) is 25.4. The van der Waals surface area contributed by atoms with E-state index in [1.54, 1.807) is 12.1 Å². The minimum absolute atomic E-state index is 0.0394. The molecule has 8 rings (SSSR count). The molecule has 0 radical (unpaired) electrons.